The molecule has 0 N–H and O–H groups in total. The fraction of sp³-hybridized carbons (Fsp3) is 0.278. The van der Waals surface area contributed by atoms with Gasteiger partial charge in [-0.05, 0) is 36.8 Å². The van der Waals surface area contributed by atoms with E-state index < -0.39 is 5.82 Å². The van der Waals surface area contributed by atoms with Gasteiger partial charge >= 0.3 is 0 Å². The summed E-state index contributed by atoms with van der Waals surface area (Å²) in [6.45, 7) is 4.89. The lowest BCUT2D eigenvalue weighted by Crippen LogP contribution is -2.49. The van der Waals surface area contributed by atoms with Crippen LogP contribution in [0, 0.1) is 12.7 Å². The predicted octanol–water partition coefficient (Wildman–Crippen LogP) is 3.75. The Kier molecular flexibility index (Phi) is 4.53. The van der Waals surface area contributed by atoms with Gasteiger partial charge in [-0.3, -0.25) is 4.79 Å². The number of carbonyl (C=O) groups excluding carboxylic acids is 1. The van der Waals surface area contributed by atoms with Crippen LogP contribution < -0.4 is 4.90 Å². The van der Waals surface area contributed by atoms with Crippen LogP contribution in [0.5, 0.6) is 0 Å². The number of amides is 1. The molecule has 2 aromatic rings. The van der Waals surface area contributed by atoms with Gasteiger partial charge in [0, 0.05) is 31.9 Å². The van der Waals surface area contributed by atoms with E-state index in [1.165, 1.54) is 29.4 Å². The molecule has 1 saturated heterocycles. The fourth-order valence-corrected chi connectivity index (χ4v) is 3.15. The first-order valence-electron chi connectivity index (χ1n) is 7.61. The second-order valence-electron chi connectivity index (χ2n) is 5.69. The average molecular weight is 333 g/mol. The maximum Gasteiger partial charge on any atom is 0.255 e. The summed E-state index contributed by atoms with van der Waals surface area (Å²) in [7, 11) is 0. The van der Waals surface area contributed by atoms with Gasteiger partial charge in [0.1, 0.15) is 5.82 Å². The quantitative estimate of drug-likeness (QED) is 0.836. The van der Waals surface area contributed by atoms with Gasteiger partial charge in [-0.25, -0.2) is 4.39 Å². The lowest BCUT2D eigenvalue weighted by Gasteiger charge is -2.37. The Morgan fingerprint density at radius 1 is 1.09 bits per heavy atom. The number of piperazine rings is 1. The van der Waals surface area contributed by atoms with E-state index in [4.69, 9.17) is 11.6 Å². The molecule has 0 atom stereocenters. The first-order chi connectivity index (χ1) is 11.1. The van der Waals surface area contributed by atoms with Crippen molar-refractivity contribution in [3.05, 3.63) is 64.4 Å². The SMILES string of the molecule is Cc1ccccc1N1CCN(C(=O)c2ccc(F)cc2Cl)CC1. The van der Waals surface area contributed by atoms with Crippen molar-refractivity contribution in [1.29, 1.82) is 0 Å². The van der Waals surface area contributed by atoms with Crippen molar-refractivity contribution in [2.24, 2.45) is 0 Å². The molecule has 0 radical (unpaired) electrons. The maximum absolute atomic E-state index is 13.1. The van der Waals surface area contributed by atoms with Gasteiger partial charge in [0.2, 0.25) is 0 Å². The van der Waals surface area contributed by atoms with Crippen molar-refractivity contribution >= 4 is 23.2 Å². The van der Waals surface area contributed by atoms with Crippen molar-refractivity contribution in [2.75, 3.05) is 31.1 Å². The van der Waals surface area contributed by atoms with E-state index in [0.717, 1.165) is 13.1 Å². The number of halogens is 2. The van der Waals surface area contributed by atoms with Crippen molar-refractivity contribution in [1.82, 2.24) is 4.90 Å². The van der Waals surface area contributed by atoms with E-state index in [9.17, 15) is 9.18 Å². The Bertz CT molecular complexity index is 727. The monoisotopic (exact) mass is 332 g/mol. The third-order valence-corrected chi connectivity index (χ3v) is 4.50. The summed E-state index contributed by atoms with van der Waals surface area (Å²) in [6.07, 6.45) is 0. The number of aryl methyl sites for hydroxylation is 1. The normalized spacial score (nSPS) is 14.9. The first kappa shape index (κ1) is 15.8. The van der Waals surface area contributed by atoms with Crippen LogP contribution in [0.1, 0.15) is 15.9 Å². The second-order valence-corrected chi connectivity index (χ2v) is 6.10. The van der Waals surface area contributed by atoms with Crippen LogP contribution in [0.4, 0.5) is 10.1 Å². The van der Waals surface area contributed by atoms with Crippen LogP contribution in [0.15, 0.2) is 42.5 Å². The van der Waals surface area contributed by atoms with Crippen LogP contribution in [-0.4, -0.2) is 37.0 Å². The molecule has 120 valence electrons. The molecule has 0 saturated carbocycles. The molecule has 0 unspecified atom stereocenters. The zero-order chi connectivity index (χ0) is 16.4. The average Bonchev–Trinajstić information content (AvgIpc) is 2.55. The van der Waals surface area contributed by atoms with Crippen molar-refractivity contribution in [2.45, 2.75) is 6.92 Å². The van der Waals surface area contributed by atoms with Crippen LogP contribution >= 0.6 is 11.6 Å². The molecule has 0 aromatic heterocycles. The summed E-state index contributed by atoms with van der Waals surface area (Å²) < 4.78 is 13.1. The number of rotatable bonds is 2. The summed E-state index contributed by atoms with van der Waals surface area (Å²) >= 11 is 5.99. The number of para-hydroxylation sites is 1. The van der Waals surface area contributed by atoms with Gasteiger partial charge in [0.25, 0.3) is 5.91 Å². The van der Waals surface area contributed by atoms with Crippen LogP contribution in [0.25, 0.3) is 0 Å². The Morgan fingerprint density at radius 3 is 2.43 bits per heavy atom. The number of hydrogen-bond acceptors (Lipinski definition) is 2. The highest BCUT2D eigenvalue weighted by Gasteiger charge is 2.24. The molecule has 2 aromatic carbocycles. The molecular formula is C18H18ClFN2O. The van der Waals surface area contributed by atoms with E-state index in [1.807, 2.05) is 12.1 Å². The van der Waals surface area contributed by atoms with E-state index in [2.05, 4.69) is 24.0 Å². The minimum atomic E-state index is -0.434. The van der Waals surface area contributed by atoms with Crippen molar-refractivity contribution in [3.63, 3.8) is 0 Å². The van der Waals surface area contributed by atoms with E-state index in [0.29, 0.717) is 18.7 Å². The van der Waals surface area contributed by atoms with Crippen LogP contribution in [0.3, 0.4) is 0 Å². The van der Waals surface area contributed by atoms with Gasteiger partial charge in [0.15, 0.2) is 0 Å². The highest BCUT2D eigenvalue weighted by Crippen LogP contribution is 2.23. The van der Waals surface area contributed by atoms with Gasteiger partial charge in [-0.2, -0.15) is 0 Å². The Hall–Kier alpha value is -2.07. The molecule has 3 rings (SSSR count). The maximum atomic E-state index is 13.1. The fourth-order valence-electron chi connectivity index (χ4n) is 2.90. The van der Waals surface area contributed by atoms with E-state index in [1.54, 1.807) is 4.90 Å². The molecule has 3 nitrogen and oxygen atoms in total. The minimum absolute atomic E-state index is 0.139. The molecule has 0 spiro atoms. The minimum Gasteiger partial charge on any atom is -0.368 e. The van der Waals surface area contributed by atoms with Crippen molar-refractivity contribution in [3.8, 4) is 0 Å². The van der Waals surface area contributed by atoms with Crippen molar-refractivity contribution < 1.29 is 9.18 Å². The zero-order valence-corrected chi connectivity index (χ0v) is 13.7. The summed E-state index contributed by atoms with van der Waals surface area (Å²) in [4.78, 5) is 16.6. The number of carbonyl (C=O) groups is 1. The van der Waals surface area contributed by atoms with Gasteiger partial charge in [-0.1, -0.05) is 29.8 Å². The van der Waals surface area contributed by atoms with Gasteiger partial charge in [0.05, 0.1) is 10.6 Å². The molecule has 1 heterocycles. The third kappa shape index (κ3) is 3.32. The Morgan fingerprint density at radius 2 is 1.78 bits per heavy atom. The summed E-state index contributed by atoms with van der Waals surface area (Å²) in [5.41, 5.74) is 2.80. The smallest absolute Gasteiger partial charge is 0.255 e. The highest BCUT2D eigenvalue weighted by molar-refractivity contribution is 6.33. The number of benzene rings is 2. The molecule has 23 heavy (non-hydrogen) atoms. The van der Waals surface area contributed by atoms with Gasteiger partial charge < -0.3 is 9.80 Å². The predicted molar refractivity (Wildman–Crippen MR) is 90.7 cm³/mol. The second kappa shape index (κ2) is 6.59. The van der Waals surface area contributed by atoms with Crippen LogP contribution in [-0.2, 0) is 0 Å². The summed E-state index contributed by atoms with van der Waals surface area (Å²) in [5.74, 6) is -0.574. The third-order valence-electron chi connectivity index (χ3n) is 4.18. The molecule has 1 aliphatic rings. The molecule has 1 fully saturated rings. The van der Waals surface area contributed by atoms with Crippen LogP contribution in [0.2, 0.25) is 5.02 Å². The molecule has 0 aliphatic carbocycles. The van der Waals surface area contributed by atoms with E-state index >= 15 is 0 Å². The lowest BCUT2D eigenvalue weighted by atomic mass is 10.1. The molecule has 5 heteroatoms. The number of nitrogens with zero attached hydrogens (tertiary/aromatic N) is 2. The van der Waals surface area contributed by atoms with E-state index in [-0.39, 0.29) is 10.9 Å². The topological polar surface area (TPSA) is 23.6 Å². The molecule has 1 amide bonds. The Balaban J connectivity index is 1.69. The summed E-state index contributed by atoms with van der Waals surface area (Å²) in [5, 5.41) is 0.163. The number of anilines is 1. The molecule has 0 bridgehead atoms. The highest BCUT2D eigenvalue weighted by atomic mass is 35.5. The number of hydrogen-bond donors (Lipinski definition) is 0. The zero-order valence-electron chi connectivity index (χ0n) is 12.9. The molecule has 1 aliphatic heterocycles. The van der Waals surface area contributed by atoms with Gasteiger partial charge in [-0.15, -0.1) is 0 Å². The standard InChI is InChI=1S/C18H18ClFN2O/c1-13-4-2-3-5-17(13)21-8-10-22(11-9-21)18(23)15-7-6-14(20)12-16(15)19/h2-7,12H,8-11H2,1H3. The molecular weight excluding hydrogens is 315 g/mol. The first-order valence-corrected chi connectivity index (χ1v) is 7.99. The lowest BCUT2D eigenvalue weighted by molar-refractivity contribution is 0.0747. The Labute approximate surface area is 140 Å². The largest absolute Gasteiger partial charge is 0.368 e. The summed E-state index contributed by atoms with van der Waals surface area (Å²) in [6, 6.07) is 12.1.